The monoisotopic (exact) mass is 194 g/mol. The first-order valence-electron chi connectivity index (χ1n) is 4.14. The fourth-order valence-electron chi connectivity index (χ4n) is 1.41. The van der Waals surface area contributed by atoms with Crippen LogP contribution in [0, 0.1) is 5.21 Å². The Hall–Kier alpha value is -1.98. The van der Waals surface area contributed by atoms with Crippen molar-refractivity contribution in [2.45, 2.75) is 0 Å². The van der Waals surface area contributed by atoms with Crippen LogP contribution in [0.5, 0.6) is 11.5 Å². The van der Waals surface area contributed by atoms with Crippen LogP contribution >= 0.6 is 0 Å². The van der Waals surface area contributed by atoms with E-state index in [0.29, 0.717) is 40.6 Å². The highest BCUT2D eigenvalue weighted by Crippen LogP contribution is 2.32. The molecule has 0 saturated carbocycles. The molecule has 14 heavy (non-hydrogen) atoms. The van der Waals surface area contributed by atoms with E-state index in [9.17, 15) is 5.21 Å². The molecule has 1 aromatic heterocycles. The second-order valence-electron chi connectivity index (χ2n) is 2.91. The summed E-state index contributed by atoms with van der Waals surface area (Å²) in [5.41, 5.74) is 0.804. The topological polar surface area (TPSA) is 71.4 Å². The summed E-state index contributed by atoms with van der Waals surface area (Å²) in [5.74, 6) is 1.15. The van der Waals surface area contributed by atoms with Gasteiger partial charge in [0, 0.05) is 17.3 Å². The van der Waals surface area contributed by atoms with Crippen molar-refractivity contribution in [3.05, 3.63) is 17.3 Å². The van der Waals surface area contributed by atoms with Crippen molar-refractivity contribution in [3.8, 4) is 11.5 Å². The van der Waals surface area contributed by atoms with Crippen LogP contribution in [0.3, 0.4) is 0 Å². The molecule has 0 N–H and O–H groups in total. The first kappa shape index (κ1) is 7.43. The molecule has 0 spiro atoms. The minimum absolute atomic E-state index is 0.341. The molecule has 0 bridgehead atoms. The number of fused-ring (bicyclic) bond motifs is 2. The number of nitrogens with zero attached hydrogens (tertiary/aromatic N) is 2. The summed E-state index contributed by atoms with van der Waals surface area (Å²) in [5, 5.41) is 14.6. The van der Waals surface area contributed by atoms with E-state index in [-0.39, 0.29) is 0 Å². The van der Waals surface area contributed by atoms with E-state index in [4.69, 9.17) is 9.47 Å². The van der Waals surface area contributed by atoms with Crippen molar-refractivity contribution in [2.24, 2.45) is 0 Å². The van der Waals surface area contributed by atoms with E-state index in [1.54, 1.807) is 12.1 Å². The Morgan fingerprint density at radius 1 is 1.21 bits per heavy atom. The average molecular weight is 194 g/mol. The summed E-state index contributed by atoms with van der Waals surface area (Å²) < 4.78 is 15.1. The van der Waals surface area contributed by atoms with Gasteiger partial charge < -0.3 is 14.7 Å². The van der Waals surface area contributed by atoms with Gasteiger partial charge in [0.2, 0.25) is 5.52 Å². The minimum atomic E-state index is 0.341. The van der Waals surface area contributed by atoms with Gasteiger partial charge in [-0.15, -0.1) is 0 Å². The van der Waals surface area contributed by atoms with Gasteiger partial charge in [0.25, 0.3) is 5.52 Å². The lowest BCUT2D eigenvalue weighted by Crippen LogP contribution is -2.23. The van der Waals surface area contributed by atoms with E-state index < -0.39 is 0 Å². The Bertz CT molecular complexity index is 493. The number of aromatic nitrogens is 2. The molecule has 0 saturated heterocycles. The summed E-state index contributed by atoms with van der Waals surface area (Å²) in [4.78, 5) is 0.341. The van der Waals surface area contributed by atoms with Gasteiger partial charge in [0.1, 0.15) is 13.2 Å². The van der Waals surface area contributed by atoms with Gasteiger partial charge in [-0.25, -0.2) is 0 Å². The third kappa shape index (κ3) is 0.905. The van der Waals surface area contributed by atoms with Crippen LogP contribution < -0.4 is 14.4 Å². The van der Waals surface area contributed by atoms with Crippen molar-refractivity contribution in [1.29, 1.82) is 0 Å². The molecule has 6 heteroatoms. The first-order chi connectivity index (χ1) is 6.84. The van der Waals surface area contributed by atoms with Gasteiger partial charge in [-0.05, 0) is 4.90 Å². The normalized spacial score (nSPS) is 14.6. The lowest BCUT2D eigenvalue weighted by molar-refractivity contribution is -0.782. The van der Waals surface area contributed by atoms with Crippen molar-refractivity contribution < 1.29 is 19.0 Å². The standard InChI is InChI=1S/C8H6N2O4/c11-10-6-4-8-7(12-1-2-13-8)3-5(6)9-14-10/h3-4H,1-2H2. The zero-order chi connectivity index (χ0) is 9.54. The number of benzene rings is 1. The Kier molecular flexibility index (Phi) is 1.33. The predicted molar refractivity (Wildman–Crippen MR) is 44.0 cm³/mol. The van der Waals surface area contributed by atoms with Crippen molar-refractivity contribution in [2.75, 3.05) is 13.2 Å². The second kappa shape index (κ2) is 2.50. The molecule has 0 atom stereocenters. The molecule has 1 aliphatic rings. The fourth-order valence-corrected chi connectivity index (χ4v) is 1.41. The lowest BCUT2D eigenvalue weighted by Gasteiger charge is -2.16. The van der Waals surface area contributed by atoms with Crippen LogP contribution in [0.15, 0.2) is 16.8 Å². The molecule has 0 amide bonds. The number of ether oxygens (including phenoxy) is 2. The quantitative estimate of drug-likeness (QED) is 0.561. The van der Waals surface area contributed by atoms with Crippen LogP contribution in [0.1, 0.15) is 0 Å². The number of rotatable bonds is 0. The molecule has 1 aliphatic heterocycles. The van der Waals surface area contributed by atoms with Gasteiger partial charge in [0.05, 0.1) is 0 Å². The molecular formula is C8H6N2O4. The van der Waals surface area contributed by atoms with Gasteiger partial charge in [-0.1, -0.05) is 0 Å². The molecule has 0 fully saturated rings. The van der Waals surface area contributed by atoms with E-state index in [2.05, 4.69) is 9.79 Å². The summed E-state index contributed by atoms with van der Waals surface area (Å²) in [6.07, 6.45) is 0. The maximum atomic E-state index is 11.1. The molecule has 0 aliphatic carbocycles. The zero-order valence-corrected chi connectivity index (χ0v) is 7.10. The van der Waals surface area contributed by atoms with E-state index in [1.807, 2.05) is 0 Å². The average Bonchev–Trinajstić information content (AvgIpc) is 2.57. The van der Waals surface area contributed by atoms with Crippen molar-refractivity contribution in [3.63, 3.8) is 0 Å². The van der Waals surface area contributed by atoms with Gasteiger partial charge in [0.15, 0.2) is 11.5 Å². The second-order valence-corrected chi connectivity index (χ2v) is 2.91. The van der Waals surface area contributed by atoms with Crippen LogP contribution in [0.2, 0.25) is 0 Å². The molecule has 1 aromatic carbocycles. The Balaban J connectivity index is 2.29. The van der Waals surface area contributed by atoms with Gasteiger partial charge >= 0.3 is 0 Å². The Morgan fingerprint density at radius 3 is 2.71 bits per heavy atom. The Morgan fingerprint density at radius 2 is 1.93 bits per heavy atom. The van der Waals surface area contributed by atoms with Crippen LogP contribution in [-0.4, -0.2) is 18.4 Å². The van der Waals surface area contributed by atoms with Crippen LogP contribution in [-0.2, 0) is 0 Å². The highest BCUT2D eigenvalue weighted by atomic mass is 16.8. The van der Waals surface area contributed by atoms with E-state index >= 15 is 0 Å². The molecular weight excluding hydrogens is 188 g/mol. The van der Waals surface area contributed by atoms with E-state index in [1.165, 1.54) is 0 Å². The lowest BCUT2D eigenvalue weighted by atomic mass is 10.2. The SMILES string of the molecule is [O-][n+]1onc2cc3c(cc21)OCCO3. The van der Waals surface area contributed by atoms with Crippen LogP contribution in [0.25, 0.3) is 11.0 Å². The summed E-state index contributed by atoms with van der Waals surface area (Å²) >= 11 is 0. The van der Waals surface area contributed by atoms with Crippen LogP contribution in [0.4, 0.5) is 0 Å². The first-order valence-corrected chi connectivity index (χ1v) is 4.14. The molecule has 3 rings (SSSR count). The third-order valence-electron chi connectivity index (χ3n) is 2.05. The predicted octanol–water partition coefficient (Wildman–Crippen LogP) is 0.232. The minimum Gasteiger partial charge on any atom is -0.486 e. The third-order valence-corrected chi connectivity index (χ3v) is 2.05. The highest BCUT2D eigenvalue weighted by molar-refractivity contribution is 5.75. The van der Waals surface area contributed by atoms with Crippen molar-refractivity contribution >= 4 is 11.0 Å². The number of hydrogen-bond donors (Lipinski definition) is 0. The largest absolute Gasteiger partial charge is 0.486 e. The molecule has 0 unspecified atom stereocenters. The summed E-state index contributed by atoms with van der Waals surface area (Å²) in [6, 6.07) is 3.19. The maximum Gasteiger partial charge on any atom is 0.252 e. The smallest absolute Gasteiger partial charge is 0.252 e. The van der Waals surface area contributed by atoms with E-state index in [0.717, 1.165) is 0 Å². The highest BCUT2D eigenvalue weighted by Gasteiger charge is 2.18. The number of hydrogen-bond acceptors (Lipinski definition) is 5. The summed E-state index contributed by atoms with van der Waals surface area (Å²) in [7, 11) is 0. The molecule has 2 aromatic rings. The Labute approximate surface area is 78.2 Å². The molecule has 72 valence electrons. The summed E-state index contributed by atoms with van der Waals surface area (Å²) in [6.45, 7) is 0.996. The molecule has 6 nitrogen and oxygen atoms in total. The van der Waals surface area contributed by atoms with Crippen molar-refractivity contribution in [1.82, 2.24) is 5.16 Å². The molecule has 0 radical (unpaired) electrons. The van der Waals surface area contributed by atoms with Gasteiger partial charge in [-0.2, -0.15) is 0 Å². The molecule has 2 heterocycles. The fraction of sp³-hybridized carbons (Fsp3) is 0.250. The zero-order valence-electron chi connectivity index (χ0n) is 7.10. The maximum absolute atomic E-state index is 11.1. The van der Waals surface area contributed by atoms with Gasteiger partial charge in [-0.3, -0.25) is 4.63 Å².